The zero-order valence-electron chi connectivity index (χ0n) is 6.10. The average molecular weight is 228 g/mol. The molecule has 4 nitrogen and oxygen atoms in total. The molecule has 0 aliphatic carbocycles. The van der Waals surface area contributed by atoms with Crippen LogP contribution in [0.2, 0.25) is 0 Å². The van der Waals surface area contributed by atoms with Crippen molar-refractivity contribution in [2.75, 3.05) is 11.9 Å². The summed E-state index contributed by atoms with van der Waals surface area (Å²) in [6.45, 7) is 0.365. The van der Waals surface area contributed by atoms with Gasteiger partial charge in [-0.2, -0.15) is 5.10 Å². The van der Waals surface area contributed by atoms with Crippen LogP contribution < -0.4 is 10.9 Å². The topological polar surface area (TPSA) is 57.8 Å². The van der Waals surface area contributed by atoms with Gasteiger partial charge in [-0.25, -0.2) is 5.10 Å². The van der Waals surface area contributed by atoms with Gasteiger partial charge in [-0.05, 0) is 15.9 Å². The van der Waals surface area contributed by atoms with E-state index in [2.05, 4.69) is 37.4 Å². The second-order valence-corrected chi connectivity index (χ2v) is 2.78. The first-order valence-electron chi connectivity index (χ1n) is 3.16. The number of aromatic amines is 1. The highest BCUT2D eigenvalue weighted by Crippen LogP contribution is 2.14. The summed E-state index contributed by atoms with van der Waals surface area (Å²) < 4.78 is 0.410. The molecule has 0 fully saturated rings. The van der Waals surface area contributed by atoms with Crippen molar-refractivity contribution in [2.45, 2.75) is 0 Å². The molecule has 1 aromatic heterocycles. The lowest BCUT2D eigenvalue weighted by molar-refractivity contribution is 0.978. The molecule has 0 spiro atoms. The predicted molar refractivity (Wildman–Crippen MR) is 49.9 cm³/mol. The Morgan fingerprint density at radius 3 is 3.25 bits per heavy atom. The molecule has 0 bridgehead atoms. The van der Waals surface area contributed by atoms with Crippen LogP contribution in [0.25, 0.3) is 0 Å². The van der Waals surface area contributed by atoms with Crippen molar-refractivity contribution in [3.63, 3.8) is 0 Å². The molecule has 0 unspecified atom stereocenters. The smallest absolute Gasteiger partial charge is 0.280 e. The third-order valence-electron chi connectivity index (χ3n) is 1.18. The fraction of sp³-hybridized carbons (Fsp3) is 0.143. The molecule has 0 saturated carbocycles. The normalized spacial score (nSPS) is 9.00. The van der Waals surface area contributed by atoms with E-state index in [1.165, 1.54) is 6.20 Å². The maximum atomic E-state index is 10.9. The zero-order chi connectivity index (χ0) is 8.97. The van der Waals surface area contributed by atoms with Crippen LogP contribution in [0.4, 0.5) is 5.69 Å². The highest BCUT2D eigenvalue weighted by molar-refractivity contribution is 9.10. The number of H-pyrrole nitrogens is 1. The number of rotatable bonds is 2. The molecule has 0 radical (unpaired) electrons. The Morgan fingerprint density at radius 1 is 1.83 bits per heavy atom. The number of nitrogens with zero attached hydrogens (tertiary/aromatic N) is 1. The summed E-state index contributed by atoms with van der Waals surface area (Å²) in [6, 6.07) is 0. The molecule has 0 saturated heterocycles. The van der Waals surface area contributed by atoms with E-state index in [0.29, 0.717) is 16.7 Å². The van der Waals surface area contributed by atoms with E-state index in [0.717, 1.165) is 0 Å². The largest absolute Gasteiger partial charge is 0.372 e. The van der Waals surface area contributed by atoms with Gasteiger partial charge in [-0.3, -0.25) is 4.79 Å². The van der Waals surface area contributed by atoms with Gasteiger partial charge in [-0.15, -0.1) is 6.42 Å². The molecule has 0 atom stereocenters. The summed E-state index contributed by atoms with van der Waals surface area (Å²) in [7, 11) is 0. The van der Waals surface area contributed by atoms with Gasteiger partial charge in [0.1, 0.15) is 4.47 Å². The Labute approximate surface area is 77.5 Å². The van der Waals surface area contributed by atoms with Crippen LogP contribution in [-0.4, -0.2) is 16.7 Å². The summed E-state index contributed by atoms with van der Waals surface area (Å²) in [6.07, 6.45) is 6.52. The predicted octanol–water partition coefficient (Wildman–Crippen LogP) is 0.577. The van der Waals surface area contributed by atoms with E-state index < -0.39 is 0 Å². The summed E-state index contributed by atoms with van der Waals surface area (Å²) in [5.74, 6) is 2.39. The highest BCUT2D eigenvalue weighted by atomic mass is 79.9. The second-order valence-electron chi connectivity index (χ2n) is 1.98. The van der Waals surface area contributed by atoms with Crippen LogP contribution in [0.15, 0.2) is 15.5 Å². The van der Waals surface area contributed by atoms with E-state index in [4.69, 9.17) is 6.42 Å². The van der Waals surface area contributed by atoms with Gasteiger partial charge in [0.25, 0.3) is 5.56 Å². The van der Waals surface area contributed by atoms with Crippen LogP contribution in [0.3, 0.4) is 0 Å². The first-order valence-corrected chi connectivity index (χ1v) is 3.95. The van der Waals surface area contributed by atoms with Crippen LogP contribution in [0, 0.1) is 12.3 Å². The number of terminal acetylenes is 1. The summed E-state index contributed by atoms with van der Waals surface area (Å²) in [4.78, 5) is 10.9. The molecule has 1 rings (SSSR count). The van der Waals surface area contributed by atoms with Gasteiger partial charge < -0.3 is 5.32 Å². The van der Waals surface area contributed by atoms with Crippen LogP contribution >= 0.6 is 15.9 Å². The molecule has 0 amide bonds. The van der Waals surface area contributed by atoms with Gasteiger partial charge in [0, 0.05) is 0 Å². The Balaban J connectivity index is 2.94. The molecule has 1 aromatic rings. The SMILES string of the molecule is C#CCNc1cn[nH]c(=O)c1Br. The van der Waals surface area contributed by atoms with Gasteiger partial charge in [-0.1, -0.05) is 5.92 Å². The number of halogens is 1. The standard InChI is InChI=1S/C7H6BrN3O/c1-2-3-9-5-4-10-11-7(12)6(5)8/h1,4H,3H2,(H2,9,11,12). The van der Waals surface area contributed by atoms with Crippen LogP contribution in [-0.2, 0) is 0 Å². The molecule has 1 heterocycles. The van der Waals surface area contributed by atoms with Gasteiger partial charge in [0.15, 0.2) is 0 Å². The van der Waals surface area contributed by atoms with Gasteiger partial charge in [0.2, 0.25) is 0 Å². The summed E-state index contributed by atoms with van der Waals surface area (Å²) >= 11 is 3.10. The fourth-order valence-corrected chi connectivity index (χ4v) is 0.984. The van der Waals surface area contributed by atoms with Crippen molar-refractivity contribution in [2.24, 2.45) is 0 Å². The molecule has 5 heteroatoms. The van der Waals surface area contributed by atoms with Crippen molar-refractivity contribution in [1.29, 1.82) is 0 Å². The van der Waals surface area contributed by atoms with E-state index in [9.17, 15) is 4.79 Å². The third-order valence-corrected chi connectivity index (χ3v) is 1.96. The van der Waals surface area contributed by atoms with Gasteiger partial charge >= 0.3 is 0 Å². The third kappa shape index (κ3) is 1.86. The van der Waals surface area contributed by atoms with Crippen molar-refractivity contribution in [1.82, 2.24) is 10.2 Å². The van der Waals surface area contributed by atoms with Crippen molar-refractivity contribution >= 4 is 21.6 Å². The lowest BCUT2D eigenvalue weighted by Gasteiger charge is -2.01. The number of hydrogen-bond donors (Lipinski definition) is 2. The summed E-state index contributed by atoms with van der Waals surface area (Å²) in [5.41, 5.74) is 0.314. The first-order chi connectivity index (χ1) is 5.75. The number of nitrogens with one attached hydrogen (secondary N) is 2. The minimum absolute atomic E-state index is 0.281. The Hall–Kier alpha value is -1.28. The van der Waals surface area contributed by atoms with Crippen LogP contribution in [0.1, 0.15) is 0 Å². The molecule has 0 aromatic carbocycles. The monoisotopic (exact) mass is 227 g/mol. The van der Waals surface area contributed by atoms with Gasteiger partial charge in [0.05, 0.1) is 18.4 Å². The number of hydrogen-bond acceptors (Lipinski definition) is 3. The lowest BCUT2D eigenvalue weighted by atomic mass is 10.4. The molecule has 0 aliphatic rings. The lowest BCUT2D eigenvalue weighted by Crippen LogP contribution is -2.12. The quantitative estimate of drug-likeness (QED) is 0.728. The molecule has 0 aliphatic heterocycles. The van der Waals surface area contributed by atoms with E-state index in [1.807, 2.05) is 0 Å². The van der Waals surface area contributed by atoms with Crippen LogP contribution in [0.5, 0.6) is 0 Å². The van der Waals surface area contributed by atoms with Crippen molar-refractivity contribution in [3.8, 4) is 12.3 Å². The second kappa shape index (κ2) is 3.93. The molecule has 62 valence electrons. The minimum Gasteiger partial charge on any atom is -0.372 e. The highest BCUT2D eigenvalue weighted by Gasteiger charge is 2.01. The van der Waals surface area contributed by atoms with Crippen molar-refractivity contribution < 1.29 is 0 Å². The molecular formula is C7H6BrN3O. The number of aromatic nitrogens is 2. The maximum Gasteiger partial charge on any atom is 0.280 e. The van der Waals surface area contributed by atoms with E-state index >= 15 is 0 Å². The minimum atomic E-state index is -0.281. The Kier molecular flexibility index (Phi) is 2.88. The summed E-state index contributed by atoms with van der Waals surface area (Å²) in [5, 5.41) is 8.71. The van der Waals surface area contributed by atoms with E-state index in [-0.39, 0.29) is 5.56 Å². The first kappa shape index (κ1) is 8.81. The average Bonchev–Trinajstić information content (AvgIpc) is 2.08. The van der Waals surface area contributed by atoms with Crippen molar-refractivity contribution in [3.05, 3.63) is 21.0 Å². The zero-order valence-corrected chi connectivity index (χ0v) is 7.68. The molecule has 12 heavy (non-hydrogen) atoms. The Morgan fingerprint density at radius 2 is 2.58 bits per heavy atom. The number of anilines is 1. The molecule has 2 N–H and O–H groups in total. The maximum absolute atomic E-state index is 10.9. The van der Waals surface area contributed by atoms with E-state index in [1.54, 1.807) is 0 Å². The Bertz CT molecular complexity index is 366. The molecular weight excluding hydrogens is 222 g/mol. The fourth-order valence-electron chi connectivity index (χ4n) is 0.653.